The van der Waals surface area contributed by atoms with E-state index < -0.39 is 0 Å². The summed E-state index contributed by atoms with van der Waals surface area (Å²) in [5, 5.41) is 6.76. The lowest BCUT2D eigenvalue weighted by molar-refractivity contribution is -0.120. The van der Waals surface area contributed by atoms with Crippen LogP contribution in [0.1, 0.15) is 51.1 Å². The van der Waals surface area contributed by atoms with Gasteiger partial charge in [0, 0.05) is 43.9 Å². The van der Waals surface area contributed by atoms with Gasteiger partial charge in [-0.2, -0.15) is 0 Å². The number of hydrogen-bond donors (Lipinski definition) is 2. The molecule has 1 aromatic rings. The first-order valence-electron chi connectivity index (χ1n) is 11.7. The number of nitrogens with one attached hydrogen (secondary N) is 2. The number of piperidine rings is 1. The van der Waals surface area contributed by atoms with Crippen LogP contribution in [0.25, 0.3) is 0 Å². The second-order valence-electron chi connectivity index (χ2n) is 8.81. The Bertz CT molecular complexity index is 805. The van der Waals surface area contributed by atoms with Gasteiger partial charge in [-0.1, -0.05) is 19.9 Å². The van der Waals surface area contributed by atoms with Gasteiger partial charge in [0.2, 0.25) is 5.91 Å². The molecule has 3 heterocycles. The summed E-state index contributed by atoms with van der Waals surface area (Å²) in [5.74, 6) is 0.701. The van der Waals surface area contributed by atoms with E-state index >= 15 is 0 Å². The molecule has 31 heavy (non-hydrogen) atoms. The number of likely N-dealkylation sites (tertiary alicyclic amines) is 1. The molecule has 2 atom stereocenters. The molecule has 0 saturated carbocycles. The first kappa shape index (κ1) is 23.7. The Hall–Kier alpha value is -1.93. The van der Waals surface area contributed by atoms with Crippen molar-refractivity contribution in [1.82, 2.24) is 25.0 Å². The minimum Gasteiger partial charge on any atom is -0.355 e. The highest BCUT2D eigenvalue weighted by atomic mass is 32.1. The molecule has 1 fully saturated rings. The number of carbonyl (C=O) groups excluding carboxylic acids is 1. The summed E-state index contributed by atoms with van der Waals surface area (Å²) in [7, 11) is 0. The standard InChI is InChI=1S/C23H37N5O2S/c1-3-10-26(11-4-2)12-6-9-24-21(29)14-25-23(31)27-15-18-13-19(17-27)20-7-5-8-22(30)28(20)16-18/h5,7-8,18-19H,3-4,6,9-17H2,1-2H3,(H,24,29)(H,25,31). The maximum Gasteiger partial charge on any atom is 0.250 e. The number of carbonyl (C=O) groups is 1. The summed E-state index contributed by atoms with van der Waals surface area (Å²) in [6.07, 6.45) is 4.38. The summed E-state index contributed by atoms with van der Waals surface area (Å²) >= 11 is 5.58. The summed E-state index contributed by atoms with van der Waals surface area (Å²) in [5.41, 5.74) is 1.19. The van der Waals surface area contributed by atoms with E-state index in [0.29, 0.717) is 23.5 Å². The molecule has 1 saturated heterocycles. The van der Waals surface area contributed by atoms with Crippen LogP contribution in [0.5, 0.6) is 0 Å². The highest BCUT2D eigenvalue weighted by molar-refractivity contribution is 7.80. The SMILES string of the molecule is CCCN(CCC)CCCNC(=O)CNC(=S)N1CC2CC(C1)c1cccc(=O)n1C2. The van der Waals surface area contributed by atoms with Crippen LogP contribution < -0.4 is 16.2 Å². The van der Waals surface area contributed by atoms with Crippen LogP contribution in [0.2, 0.25) is 0 Å². The number of fused-ring (bicyclic) bond motifs is 4. The number of nitrogens with zero attached hydrogens (tertiary/aromatic N) is 3. The van der Waals surface area contributed by atoms with Gasteiger partial charge in [-0.3, -0.25) is 9.59 Å². The highest BCUT2D eigenvalue weighted by Crippen LogP contribution is 2.34. The zero-order valence-electron chi connectivity index (χ0n) is 18.9. The molecule has 2 bridgehead atoms. The minimum absolute atomic E-state index is 0.0195. The molecule has 0 spiro atoms. The summed E-state index contributed by atoms with van der Waals surface area (Å²) < 4.78 is 1.92. The second-order valence-corrected chi connectivity index (χ2v) is 9.19. The molecule has 0 aromatic carbocycles. The Morgan fingerprint density at radius 1 is 1.13 bits per heavy atom. The molecule has 7 nitrogen and oxygen atoms in total. The Morgan fingerprint density at radius 2 is 1.90 bits per heavy atom. The molecule has 1 aromatic heterocycles. The topological polar surface area (TPSA) is 69.6 Å². The van der Waals surface area contributed by atoms with E-state index in [0.717, 1.165) is 70.6 Å². The Labute approximate surface area is 191 Å². The van der Waals surface area contributed by atoms with Gasteiger partial charge < -0.3 is 25.0 Å². The predicted octanol–water partition coefficient (Wildman–Crippen LogP) is 1.77. The second kappa shape index (κ2) is 11.6. The number of rotatable bonds is 10. The number of pyridine rings is 1. The Balaban J connectivity index is 1.39. The summed E-state index contributed by atoms with van der Waals surface area (Å²) in [6, 6.07) is 5.54. The molecule has 0 radical (unpaired) electrons. The first-order chi connectivity index (χ1) is 15.0. The van der Waals surface area contributed by atoms with Crippen molar-refractivity contribution in [1.29, 1.82) is 0 Å². The lowest BCUT2D eigenvalue weighted by atomic mass is 9.83. The van der Waals surface area contributed by atoms with Gasteiger partial charge in [0.25, 0.3) is 5.56 Å². The summed E-state index contributed by atoms with van der Waals surface area (Å²) in [6.45, 7) is 10.9. The molecule has 2 unspecified atom stereocenters. The number of amides is 1. The molecule has 1 amide bonds. The molecule has 3 rings (SSSR count). The largest absolute Gasteiger partial charge is 0.355 e. The third kappa shape index (κ3) is 6.53. The maximum atomic E-state index is 12.2. The summed E-state index contributed by atoms with van der Waals surface area (Å²) in [4.78, 5) is 29.0. The van der Waals surface area contributed by atoms with E-state index in [4.69, 9.17) is 12.2 Å². The van der Waals surface area contributed by atoms with Crippen molar-refractivity contribution in [2.45, 2.75) is 52.0 Å². The van der Waals surface area contributed by atoms with Crippen LogP contribution in [0, 0.1) is 5.92 Å². The van der Waals surface area contributed by atoms with Crippen LogP contribution in [0.4, 0.5) is 0 Å². The van der Waals surface area contributed by atoms with Gasteiger partial charge in [-0.25, -0.2) is 0 Å². The molecule has 2 aliphatic heterocycles. The normalized spacial score (nSPS) is 19.8. The fraction of sp³-hybridized carbons (Fsp3) is 0.696. The van der Waals surface area contributed by atoms with Crippen molar-refractivity contribution in [3.63, 3.8) is 0 Å². The fourth-order valence-corrected chi connectivity index (χ4v) is 5.11. The van der Waals surface area contributed by atoms with Crippen LogP contribution in [0.15, 0.2) is 23.0 Å². The number of hydrogen-bond acceptors (Lipinski definition) is 4. The average Bonchev–Trinajstić information content (AvgIpc) is 2.76. The van der Waals surface area contributed by atoms with Gasteiger partial charge in [0.05, 0.1) is 6.54 Å². The molecule has 8 heteroatoms. The van der Waals surface area contributed by atoms with E-state index in [-0.39, 0.29) is 18.0 Å². The van der Waals surface area contributed by atoms with E-state index in [1.165, 1.54) is 0 Å². The van der Waals surface area contributed by atoms with E-state index in [1.807, 2.05) is 10.6 Å². The van der Waals surface area contributed by atoms with Crippen LogP contribution in [-0.4, -0.2) is 71.2 Å². The van der Waals surface area contributed by atoms with Crippen molar-refractivity contribution >= 4 is 23.2 Å². The minimum atomic E-state index is -0.0195. The third-order valence-electron chi connectivity index (χ3n) is 6.22. The smallest absolute Gasteiger partial charge is 0.250 e. The van der Waals surface area contributed by atoms with Crippen molar-refractivity contribution < 1.29 is 4.79 Å². The molecule has 0 aliphatic carbocycles. The number of thiocarbonyl (C=S) groups is 1. The van der Waals surface area contributed by atoms with Crippen LogP contribution in [0.3, 0.4) is 0 Å². The van der Waals surface area contributed by atoms with Crippen LogP contribution >= 0.6 is 12.2 Å². The lowest BCUT2D eigenvalue weighted by Gasteiger charge is -2.43. The molecular formula is C23H37N5O2S. The van der Waals surface area contributed by atoms with Crippen molar-refractivity contribution in [2.24, 2.45) is 5.92 Å². The van der Waals surface area contributed by atoms with Gasteiger partial charge in [0.1, 0.15) is 0 Å². The predicted molar refractivity (Wildman–Crippen MR) is 128 cm³/mol. The van der Waals surface area contributed by atoms with Crippen LogP contribution in [-0.2, 0) is 11.3 Å². The van der Waals surface area contributed by atoms with Crippen molar-refractivity contribution in [3.05, 3.63) is 34.2 Å². The Morgan fingerprint density at radius 3 is 2.65 bits per heavy atom. The highest BCUT2D eigenvalue weighted by Gasteiger charge is 2.35. The average molecular weight is 448 g/mol. The van der Waals surface area contributed by atoms with E-state index in [9.17, 15) is 9.59 Å². The zero-order valence-corrected chi connectivity index (χ0v) is 19.8. The van der Waals surface area contributed by atoms with Crippen molar-refractivity contribution in [2.75, 3.05) is 45.8 Å². The van der Waals surface area contributed by atoms with Gasteiger partial charge in [0.15, 0.2) is 5.11 Å². The fourth-order valence-electron chi connectivity index (χ4n) is 4.89. The zero-order chi connectivity index (χ0) is 22.2. The monoisotopic (exact) mass is 447 g/mol. The van der Waals surface area contributed by atoms with Gasteiger partial charge >= 0.3 is 0 Å². The quantitative estimate of drug-likeness (QED) is 0.421. The third-order valence-corrected chi connectivity index (χ3v) is 6.62. The number of aromatic nitrogens is 1. The van der Waals surface area contributed by atoms with E-state index in [2.05, 4.69) is 40.3 Å². The lowest BCUT2D eigenvalue weighted by Crippen LogP contribution is -2.52. The Kier molecular flexibility index (Phi) is 8.90. The molecule has 172 valence electrons. The van der Waals surface area contributed by atoms with Gasteiger partial charge in [-0.15, -0.1) is 0 Å². The van der Waals surface area contributed by atoms with Crippen molar-refractivity contribution in [3.8, 4) is 0 Å². The maximum absolute atomic E-state index is 12.2. The first-order valence-corrected chi connectivity index (χ1v) is 12.1. The van der Waals surface area contributed by atoms with E-state index in [1.54, 1.807) is 6.07 Å². The molecular weight excluding hydrogens is 410 g/mol. The molecule has 2 aliphatic rings. The van der Waals surface area contributed by atoms with Gasteiger partial charge in [-0.05, 0) is 69.5 Å². The molecule has 2 N–H and O–H groups in total.